The van der Waals surface area contributed by atoms with Crippen molar-refractivity contribution in [2.24, 2.45) is 0 Å². The minimum absolute atomic E-state index is 0.108. The van der Waals surface area contributed by atoms with Gasteiger partial charge in [0.05, 0.1) is 6.61 Å². The van der Waals surface area contributed by atoms with Crippen molar-refractivity contribution in [3.8, 4) is 5.75 Å². The van der Waals surface area contributed by atoms with E-state index in [2.05, 4.69) is 9.80 Å². The van der Waals surface area contributed by atoms with Crippen LogP contribution < -0.4 is 4.74 Å². The Kier molecular flexibility index (Phi) is 6.02. The van der Waals surface area contributed by atoms with Crippen molar-refractivity contribution in [2.75, 3.05) is 39.9 Å². The lowest BCUT2D eigenvalue weighted by Gasteiger charge is -2.38. The van der Waals surface area contributed by atoms with E-state index < -0.39 is 5.97 Å². The largest absolute Gasteiger partial charge is 0.482 e. The highest BCUT2D eigenvalue weighted by molar-refractivity contribution is 6.30. The maximum absolute atomic E-state index is 10.7. The number of likely N-dealkylation sites (N-methyl/N-ethyl adjacent to an activating group) is 1. The first kappa shape index (κ1) is 17.0. The SMILES string of the molecule is CN1CCN(Cc2cc(Cl)ccc2OCC(=O)O)CC1CO. The lowest BCUT2D eigenvalue weighted by molar-refractivity contribution is -0.139. The summed E-state index contributed by atoms with van der Waals surface area (Å²) in [4.78, 5) is 15.0. The molecule has 1 aromatic rings. The maximum atomic E-state index is 10.7. The number of piperazine rings is 1. The van der Waals surface area contributed by atoms with Crippen molar-refractivity contribution in [3.05, 3.63) is 28.8 Å². The third kappa shape index (κ3) is 4.58. The smallest absolute Gasteiger partial charge is 0.341 e. The molecule has 22 heavy (non-hydrogen) atoms. The zero-order chi connectivity index (χ0) is 16.1. The topological polar surface area (TPSA) is 73.2 Å². The van der Waals surface area contributed by atoms with E-state index in [0.717, 1.165) is 25.2 Å². The number of aliphatic hydroxyl groups is 1. The summed E-state index contributed by atoms with van der Waals surface area (Å²) < 4.78 is 5.32. The number of hydrogen-bond acceptors (Lipinski definition) is 5. The maximum Gasteiger partial charge on any atom is 0.341 e. The van der Waals surface area contributed by atoms with Gasteiger partial charge in [0.15, 0.2) is 6.61 Å². The predicted octanol–water partition coefficient (Wildman–Crippen LogP) is 0.912. The quantitative estimate of drug-likeness (QED) is 0.809. The van der Waals surface area contributed by atoms with Gasteiger partial charge in [-0.05, 0) is 25.2 Å². The summed E-state index contributed by atoms with van der Waals surface area (Å²) in [5.41, 5.74) is 0.856. The van der Waals surface area contributed by atoms with Gasteiger partial charge in [-0.1, -0.05) is 11.6 Å². The molecule has 0 aromatic heterocycles. The zero-order valence-corrected chi connectivity index (χ0v) is 13.3. The zero-order valence-electron chi connectivity index (χ0n) is 12.5. The van der Waals surface area contributed by atoms with E-state index in [1.165, 1.54) is 0 Å². The molecule has 1 heterocycles. The van der Waals surface area contributed by atoms with Gasteiger partial charge in [-0.15, -0.1) is 0 Å². The highest BCUT2D eigenvalue weighted by Gasteiger charge is 2.24. The van der Waals surface area contributed by atoms with E-state index in [1.807, 2.05) is 7.05 Å². The number of hydrogen-bond donors (Lipinski definition) is 2. The molecule has 0 saturated carbocycles. The molecule has 7 heteroatoms. The Labute approximate surface area is 134 Å². The third-order valence-corrected chi connectivity index (χ3v) is 4.07. The molecule has 0 aliphatic carbocycles. The minimum atomic E-state index is -1.01. The first-order valence-electron chi connectivity index (χ1n) is 7.16. The summed E-state index contributed by atoms with van der Waals surface area (Å²) in [7, 11) is 2.00. The van der Waals surface area contributed by atoms with Crippen LogP contribution in [0.4, 0.5) is 0 Å². The summed E-state index contributed by atoms with van der Waals surface area (Å²) in [6.45, 7) is 2.84. The molecule has 0 radical (unpaired) electrons. The van der Waals surface area contributed by atoms with Gasteiger partial charge in [0, 0.05) is 42.8 Å². The van der Waals surface area contributed by atoms with Crippen molar-refractivity contribution >= 4 is 17.6 Å². The molecule has 1 saturated heterocycles. The Morgan fingerprint density at radius 2 is 2.23 bits per heavy atom. The van der Waals surface area contributed by atoms with Crippen LogP contribution in [0.25, 0.3) is 0 Å². The number of carbonyl (C=O) groups is 1. The number of halogens is 1. The number of carboxylic acid groups (broad SMARTS) is 1. The Morgan fingerprint density at radius 3 is 2.91 bits per heavy atom. The van der Waals surface area contributed by atoms with Gasteiger partial charge in [0.1, 0.15) is 5.75 Å². The van der Waals surface area contributed by atoms with Crippen molar-refractivity contribution in [1.29, 1.82) is 0 Å². The second-order valence-electron chi connectivity index (χ2n) is 5.49. The Bertz CT molecular complexity index is 526. The Hall–Kier alpha value is -1.34. The van der Waals surface area contributed by atoms with Crippen molar-refractivity contribution < 1.29 is 19.7 Å². The highest BCUT2D eigenvalue weighted by Crippen LogP contribution is 2.25. The fraction of sp³-hybridized carbons (Fsp3) is 0.533. The van der Waals surface area contributed by atoms with Gasteiger partial charge in [0.2, 0.25) is 0 Å². The van der Waals surface area contributed by atoms with Crippen LogP contribution in [0, 0.1) is 0 Å². The van der Waals surface area contributed by atoms with Gasteiger partial charge in [-0.2, -0.15) is 0 Å². The van der Waals surface area contributed by atoms with Crippen LogP contribution in [0.15, 0.2) is 18.2 Å². The summed E-state index contributed by atoms with van der Waals surface area (Å²) >= 11 is 6.04. The lowest BCUT2D eigenvalue weighted by atomic mass is 10.1. The molecule has 6 nitrogen and oxygen atoms in total. The van der Waals surface area contributed by atoms with Crippen LogP contribution in [-0.2, 0) is 11.3 Å². The lowest BCUT2D eigenvalue weighted by Crippen LogP contribution is -2.52. The van der Waals surface area contributed by atoms with Gasteiger partial charge in [0.25, 0.3) is 0 Å². The fourth-order valence-corrected chi connectivity index (χ4v) is 2.74. The average molecular weight is 329 g/mol. The minimum Gasteiger partial charge on any atom is -0.482 e. The van der Waals surface area contributed by atoms with E-state index in [-0.39, 0.29) is 19.3 Å². The van der Waals surface area contributed by atoms with E-state index in [0.29, 0.717) is 17.3 Å². The number of rotatable bonds is 6. The van der Waals surface area contributed by atoms with Crippen molar-refractivity contribution in [3.63, 3.8) is 0 Å². The van der Waals surface area contributed by atoms with E-state index in [9.17, 15) is 9.90 Å². The van der Waals surface area contributed by atoms with Crippen LogP contribution >= 0.6 is 11.6 Å². The number of nitrogens with zero attached hydrogens (tertiary/aromatic N) is 2. The highest BCUT2D eigenvalue weighted by atomic mass is 35.5. The second kappa shape index (κ2) is 7.78. The molecule has 1 aromatic carbocycles. The van der Waals surface area contributed by atoms with Crippen LogP contribution in [0.3, 0.4) is 0 Å². The molecule has 1 aliphatic heterocycles. The van der Waals surface area contributed by atoms with Crippen LogP contribution in [0.5, 0.6) is 5.75 Å². The molecule has 0 spiro atoms. The number of ether oxygens (including phenoxy) is 1. The van der Waals surface area contributed by atoms with Crippen LogP contribution in [0.1, 0.15) is 5.56 Å². The van der Waals surface area contributed by atoms with Gasteiger partial charge in [-0.25, -0.2) is 4.79 Å². The molecular weight excluding hydrogens is 308 g/mol. The number of benzene rings is 1. The first-order chi connectivity index (χ1) is 10.5. The standard InChI is InChI=1S/C15H21ClN2O4/c1-17-4-5-18(8-13(17)9-19)7-11-6-12(16)2-3-14(11)22-10-15(20)21/h2-3,6,13,19H,4-5,7-10H2,1H3,(H,20,21). The van der Waals surface area contributed by atoms with Gasteiger partial charge >= 0.3 is 5.97 Å². The predicted molar refractivity (Wildman–Crippen MR) is 83.4 cm³/mol. The molecule has 1 atom stereocenters. The molecule has 2 N–H and O–H groups in total. The second-order valence-corrected chi connectivity index (χ2v) is 5.92. The van der Waals surface area contributed by atoms with E-state index in [4.69, 9.17) is 21.4 Å². The summed E-state index contributed by atoms with van der Waals surface area (Å²) in [6.07, 6.45) is 0. The fourth-order valence-electron chi connectivity index (χ4n) is 2.54. The monoisotopic (exact) mass is 328 g/mol. The average Bonchev–Trinajstić information content (AvgIpc) is 2.48. The molecule has 1 unspecified atom stereocenters. The normalized spacial score (nSPS) is 20.0. The molecule has 122 valence electrons. The van der Waals surface area contributed by atoms with Gasteiger partial charge in [-0.3, -0.25) is 9.80 Å². The van der Waals surface area contributed by atoms with E-state index >= 15 is 0 Å². The summed E-state index contributed by atoms with van der Waals surface area (Å²) in [5.74, 6) is -0.480. The van der Waals surface area contributed by atoms with Crippen LogP contribution in [0.2, 0.25) is 5.02 Å². The summed E-state index contributed by atoms with van der Waals surface area (Å²) in [6, 6.07) is 5.28. The van der Waals surface area contributed by atoms with Crippen molar-refractivity contribution in [2.45, 2.75) is 12.6 Å². The molecule has 1 fully saturated rings. The van der Waals surface area contributed by atoms with E-state index in [1.54, 1.807) is 18.2 Å². The number of carboxylic acids is 1. The van der Waals surface area contributed by atoms with Gasteiger partial charge < -0.3 is 14.9 Å². The molecule has 0 bridgehead atoms. The summed E-state index contributed by atoms with van der Waals surface area (Å²) in [5, 5.41) is 18.7. The Morgan fingerprint density at radius 1 is 1.45 bits per heavy atom. The number of aliphatic carboxylic acids is 1. The first-order valence-corrected chi connectivity index (χ1v) is 7.54. The van der Waals surface area contributed by atoms with Crippen molar-refractivity contribution in [1.82, 2.24) is 9.80 Å². The molecule has 1 aliphatic rings. The molecule has 0 amide bonds. The number of aliphatic hydroxyl groups excluding tert-OH is 1. The molecular formula is C15H21ClN2O4. The Balaban J connectivity index is 2.07. The van der Waals surface area contributed by atoms with Crippen LogP contribution in [-0.4, -0.2) is 71.9 Å². The third-order valence-electron chi connectivity index (χ3n) is 3.84. The molecule has 2 rings (SSSR count).